The van der Waals surface area contributed by atoms with Crippen LogP contribution in [0, 0.1) is 6.92 Å². The van der Waals surface area contributed by atoms with Crippen molar-refractivity contribution >= 4 is 5.91 Å². The van der Waals surface area contributed by atoms with Crippen LogP contribution in [0.5, 0.6) is 5.75 Å². The van der Waals surface area contributed by atoms with Gasteiger partial charge in [-0.1, -0.05) is 12.1 Å². The van der Waals surface area contributed by atoms with E-state index in [1.54, 1.807) is 24.3 Å². The van der Waals surface area contributed by atoms with Crippen LogP contribution in [0.1, 0.15) is 41.6 Å². The van der Waals surface area contributed by atoms with Gasteiger partial charge in [-0.05, 0) is 50.6 Å². The molecule has 0 aliphatic carbocycles. The first-order valence-electron chi connectivity index (χ1n) is 7.61. The molecule has 1 aromatic heterocycles. The molecule has 1 heterocycles. The molecule has 0 fully saturated rings. The lowest BCUT2D eigenvalue weighted by Gasteiger charge is -2.14. The zero-order valence-corrected chi connectivity index (χ0v) is 13.6. The number of nitrogens with one attached hydrogen (secondary N) is 1. The van der Waals surface area contributed by atoms with Crippen molar-refractivity contribution in [2.75, 3.05) is 6.54 Å². The molecule has 0 aliphatic heterocycles. The Kier molecular flexibility index (Phi) is 5.71. The van der Waals surface area contributed by atoms with Crippen LogP contribution >= 0.6 is 0 Å². The van der Waals surface area contributed by atoms with Crippen LogP contribution in [0.15, 0.2) is 42.6 Å². The molecule has 0 saturated heterocycles. The van der Waals surface area contributed by atoms with E-state index in [1.807, 2.05) is 32.9 Å². The number of ether oxygens (including phenoxy) is 1. The molecule has 1 unspecified atom stereocenters. The van der Waals surface area contributed by atoms with E-state index in [0.29, 0.717) is 5.56 Å². The number of aliphatic hydroxyl groups is 1. The van der Waals surface area contributed by atoms with Crippen LogP contribution < -0.4 is 10.1 Å². The highest BCUT2D eigenvalue weighted by molar-refractivity contribution is 5.93. The Balaban J connectivity index is 1.90. The van der Waals surface area contributed by atoms with Gasteiger partial charge in [0, 0.05) is 18.4 Å². The normalized spacial score (nSPS) is 12.0. The van der Waals surface area contributed by atoms with E-state index in [1.165, 1.54) is 6.20 Å². The summed E-state index contributed by atoms with van der Waals surface area (Å²) in [7, 11) is 0. The average Bonchev–Trinajstić information content (AvgIpc) is 2.53. The van der Waals surface area contributed by atoms with Crippen LogP contribution in [0.25, 0.3) is 0 Å². The maximum absolute atomic E-state index is 12.0. The van der Waals surface area contributed by atoms with E-state index in [2.05, 4.69) is 10.3 Å². The van der Waals surface area contributed by atoms with Crippen molar-refractivity contribution in [2.24, 2.45) is 0 Å². The molecule has 23 heavy (non-hydrogen) atoms. The zero-order valence-electron chi connectivity index (χ0n) is 13.6. The Labute approximate surface area is 136 Å². The number of pyridine rings is 1. The van der Waals surface area contributed by atoms with Gasteiger partial charge >= 0.3 is 0 Å². The van der Waals surface area contributed by atoms with Crippen LogP contribution in [0.3, 0.4) is 0 Å². The largest absolute Gasteiger partial charge is 0.491 e. The lowest BCUT2D eigenvalue weighted by Crippen LogP contribution is -2.28. The van der Waals surface area contributed by atoms with Crippen molar-refractivity contribution in [3.63, 3.8) is 0 Å². The minimum absolute atomic E-state index is 0.105. The van der Waals surface area contributed by atoms with Gasteiger partial charge in [-0.3, -0.25) is 9.78 Å². The van der Waals surface area contributed by atoms with Crippen LogP contribution in [-0.2, 0) is 0 Å². The van der Waals surface area contributed by atoms with Crippen molar-refractivity contribution in [1.82, 2.24) is 10.3 Å². The first-order chi connectivity index (χ1) is 11.0. The summed E-state index contributed by atoms with van der Waals surface area (Å²) >= 11 is 0. The summed E-state index contributed by atoms with van der Waals surface area (Å²) < 4.78 is 5.56. The number of carbonyl (C=O) groups is 1. The molecule has 5 nitrogen and oxygen atoms in total. The lowest BCUT2D eigenvalue weighted by atomic mass is 10.1. The number of rotatable bonds is 6. The molecule has 2 rings (SSSR count). The molecule has 2 N–H and O–H groups in total. The van der Waals surface area contributed by atoms with Crippen molar-refractivity contribution in [3.8, 4) is 5.75 Å². The van der Waals surface area contributed by atoms with E-state index in [0.717, 1.165) is 17.0 Å². The minimum Gasteiger partial charge on any atom is -0.491 e. The number of aryl methyl sites for hydroxylation is 1. The highest BCUT2D eigenvalue weighted by Gasteiger charge is 2.11. The molecule has 0 spiro atoms. The van der Waals surface area contributed by atoms with Crippen molar-refractivity contribution < 1.29 is 14.6 Å². The van der Waals surface area contributed by atoms with E-state index >= 15 is 0 Å². The van der Waals surface area contributed by atoms with Gasteiger partial charge in [-0.2, -0.15) is 0 Å². The van der Waals surface area contributed by atoms with Gasteiger partial charge in [0.15, 0.2) is 0 Å². The fourth-order valence-corrected chi connectivity index (χ4v) is 2.05. The Hall–Kier alpha value is -2.40. The standard InChI is InChI=1S/C18H22N2O3/c1-12(2)23-16-8-6-14(7-9-16)17(21)11-20-18(22)15-5-4-13(3)19-10-15/h4-10,12,17,21H,11H2,1-3H3,(H,20,22). The van der Waals surface area contributed by atoms with Gasteiger partial charge in [-0.25, -0.2) is 0 Å². The predicted molar refractivity (Wildman–Crippen MR) is 88.5 cm³/mol. The summed E-state index contributed by atoms with van der Waals surface area (Å²) in [5.41, 5.74) is 2.05. The number of amides is 1. The molecule has 2 aromatic rings. The first kappa shape index (κ1) is 17.0. The van der Waals surface area contributed by atoms with E-state index in [4.69, 9.17) is 4.74 Å². The monoisotopic (exact) mass is 314 g/mol. The third kappa shape index (κ3) is 5.07. The molecule has 122 valence electrons. The highest BCUT2D eigenvalue weighted by Crippen LogP contribution is 2.18. The fraction of sp³-hybridized carbons (Fsp3) is 0.333. The molecule has 5 heteroatoms. The number of nitrogens with zero attached hydrogens (tertiary/aromatic N) is 1. The van der Waals surface area contributed by atoms with Gasteiger partial charge in [0.1, 0.15) is 5.75 Å². The summed E-state index contributed by atoms with van der Waals surface area (Å²) in [6, 6.07) is 10.7. The zero-order chi connectivity index (χ0) is 16.8. The molecule has 0 saturated carbocycles. The summed E-state index contributed by atoms with van der Waals surface area (Å²) in [6.45, 7) is 5.91. The van der Waals surface area contributed by atoms with Gasteiger partial charge < -0.3 is 15.2 Å². The summed E-state index contributed by atoms with van der Waals surface area (Å²) in [6.07, 6.45) is 0.855. The highest BCUT2D eigenvalue weighted by atomic mass is 16.5. The third-order valence-electron chi connectivity index (χ3n) is 3.27. The van der Waals surface area contributed by atoms with Gasteiger partial charge in [0.25, 0.3) is 5.91 Å². The second-order valence-electron chi connectivity index (χ2n) is 5.65. The topological polar surface area (TPSA) is 71.5 Å². The van der Waals surface area contributed by atoms with Crippen molar-refractivity contribution in [1.29, 1.82) is 0 Å². The number of aromatic nitrogens is 1. The van der Waals surface area contributed by atoms with Crippen LogP contribution in [0.4, 0.5) is 0 Å². The first-order valence-corrected chi connectivity index (χ1v) is 7.61. The number of carbonyl (C=O) groups excluding carboxylic acids is 1. The van der Waals surface area contributed by atoms with Crippen molar-refractivity contribution in [3.05, 3.63) is 59.4 Å². The van der Waals surface area contributed by atoms with Gasteiger partial charge in [0.05, 0.1) is 17.8 Å². The second kappa shape index (κ2) is 7.74. The van der Waals surface area contributed by atoms with Crippen molar-refractivity contribution in [2.45, 2.75) is 33.0 Å². The molecule has 1 atom stereocenters. The van der Waals surface area contributed by atoms with Gasteiger partial charge in [-0.15, -0.1) is 0 Å². The maximum Gasteiger partial charge on any atom is 0.252 e. The third-order valence-corrected chi connectivity index (χ3v) is 3.27. The Bertz CT molecular complexity index is 636. The van der Waals surface area contributed by atoms with Gasteiger partial charge in [0.2, 0.25) is 0 Å². The number of benzene rings is 1. The number of hydrogen-bond donors (Lipinski definition) is 2. The average molecular weight is 314 g/mol. The number of hydrogen-bond acceptors (Lipinski definition) is 4. The predicted octanol–water partition coefficient (Wildman–Crippen LogP) is 2.64. The fourth-order valence-electron chi connectivity index (χ4n) is 2.05. The van der Waals surface area contributed by atoms with Crippen LogP contribution in [-0.4, -0.2) is 28.6 Å². The lowest BCUT2D eigenvalue weighted by molar-refractivity contribution is 0.0916. The molecule has 0 radical (unpaired) electrons. The summed E-state index contributed by atoms with van der Waals surface area (Å²) in [4.78, 5) is 16.1. The second-order valence-corrected chi connectivity index (χ2v) is 5.65. The Morgan fingerprint density at radius 2 is 1.91 bits per heavy atom. The smallest absolute Gasteiger partial charge is 0.252 e. The Morgan fingerprint density at radius 1 is 1.22 bits per heavy atom. The Morgan fingerprint density at radius 3 is 2.48 bits per heavy atom. The maximum atomic E-state index is 12.0. The molecule has 0 aliphatic rings. The van der Waals surface area contributed by atoms with E-state index in [-0.39, 0.29) is 18.6 Å². The molecule has 0 bridgehead atoms. The molecular formula is C18H22N2O3. The summed E-state index contributed by atoms with van der Waals surface area (Å²) in [5, 5.41) is 12.9. The molecule has 1 aromatic carbocycles. The molecule has 1 amide bonds. The quantitative estimate of drug-likeness (QED) is 0.860. The van der Waals surface area contributed by atoms with E-state index in [9.17, 15) is 9.90 Å². The van der Waals surface area contributed by atoms with E-state index < -0.39 is 6.10 Å². The SMILES string of the molecule is Cc1ccc(C(=O)NCC(O)c2ccc(OC(C)C)cc2)cn1. The minimum atomic E-state index is -0.773. The molecular weight excluding hydrogens is 292 g/mol. The summed E-state index contributed by atoms with van der Waals surface area (Å²) in [5.74, 6) is 0.502. The van der Waals surface area contributed by atoms with Crippen LogP contribution in [0.2, 0.25) is 0 Å². The number of aliphatic hydroxyl groups excluding tert-OH is 1.